The maximum absolute atomic E-state index is 14.1. The maximum atomic E-state index is 14.1. The van der Waals surface area contributed by atoms with E-state index in [1.54, 1.807) is 0 Å². The molecule has 0 bridgehead atoms. The minimum Gasteiger partial charge on any atom is -0.381 e. The van der Waals surface area contributed by atoms with Gasteiger partial charge in [-0.2, -0.15) is 0 Å². The molecule has 3 aromatic rings. The zero-order valence-electron chi connectivity index (χ0n) is 27.1. The molecule has 1 aliphatic carbocycles. The average molecular weight is 631 g/mol. The van der Waals surface area contributed by atoms with E-state index in [0.29, 0.717) is 29.8 Å². The van der Waals surface area contributed by atoms with E-state index < -0.39 is 5.54 Å². The summed E-state index contributed by atoms with van der Waals surface area (Å²) < 4.78 is 6.69. The lowest BCUT2D eigenvalue weighted by Crippen LogP contribution is -2.59. The first-order chi connectivity index (χ1) is 21.9. The van der Waals surface area contributed by atoms with Crippen molar-refractivity contribution in [3.63, 3.8) is 0 Å². The van der Waals surface area contributed by atoms with Crippen LogP contribution in [0.2, 0.25) is 0 Å². The number of rotatable bonds is 11. The fourth-order valence-corrected chi connectivity index (χ4v) is 8.70. The topological polar surface area (TPSA) is 73.9 Å². The van der Waals surface area contributed by atoms with Gasteiger partial charge in [0.25, 0.3) is 5.91 Å². The van der Waals surface area contributed by atoms with E-state index in [1.165, 1.54) is 35.3 Å². The number of ether oxygens (including phenoxy) is 1. The number of fused-ring (bicyclic) bond motifs is 1. The lowest BCUT2D eigenvalue weighted by atomic mass is 9.94. The van der Waals surface area contributed by atoms with Crippen molar-refractivity contribution in [2.24, 2.45) is 0 Å². The molecule has 3 fully saturated rings. The lowest BCUT2D eigenvalue weighted by molar-refractivity contribution is -0.128. The summed E-state index contributed by atoms with van der Waals surface area (Å²) in [5.41, 5.74) is 1.55. The van der Waals surface area contributed by atoms with Crippen LogP contribution in [0.3, 0.4) is 0 Å². The molecule has 2 N–H and O–H groups in total. The molecule has 0 spiro atoms. The summed E-state index contributed by atoms with van der Waals surface area (Å²) in [5.74, 6) is -0.165. The summed E-state index contributed by atoms with van der Waals surface area (Å²) in [5, 5.41) is 7.76. The molecule has 2 saturated heterocycles. The molecule has 1 aromatic heterocycles. The molecule has 1 saturated carbocycles. The summed E-state index contributed by atoms with van der Waals surface area (Å²) in [6.45, 7) is 7.00. The van der Waals surface area contributed by atoms with E-state index in [1.807, 2.05) is 12.1 Å². The van der Waals surface area contributed by atoms with Crippen LogP contribution in [0.25, 0.3) is 10.1 Å². The van der Waals surface area contributed by atoms with Gasteiger partial charge in [0.2, 0.25) is 5.91 Å². The van der Waals surface area contributed by atoms with E-state index in [9.17, 15) is 9.59 Å². The number of nitrogens with one attached hydrogen (secondary N) is 2. The van der Waals surface area contributed by atoms with Crippen LogP contribution >= 0.6 is 11.3 Å². The van der Waals surface area contributed by atoms with Crippen molar-refractivity contribution in [1.82, 2.24) is 20.4 Å². The second-order valence-corrected chi connectivity index (χ2v) is 14.7. The van der Waals surface area contributed by atoms with Crippen LogP contribution in [-0.2, 0) is 16.0 Å². The second-order valence-electron chi connectivity index (χ2n) is 13.6. The Kier molecular flexibility index (Phi) is 10.6. The maximum Gasteiger partial charge on any atom is 0.262 e. The molecule has 8 heteroatoms. The number of hydrogen-bond donors (Lipinski definition) is 2. The van der Waals surface area contributed by atoms with Gasteiger partial charge in [-0.1, -0.05) is 55.3 Å². The third kappa shape index (κ3) is 7.97. The van der Waals surface area contributed by atoms with Gasteiger partial charge in [0.1, 0.15) is 5.54 Å². The van der Waals surface area contributed by atoms with Crippen molar-refractivity contribution >= 4 is 33.2 Å². The van der Waals surface area contributed by atoms with Gasteiger partial charge in [0.15, 0.2) is 0 Å². The molecular weight excluding hydrogens is 580 g/mol. The highest BCUT2D eigenvalue weighted by Gasteiger charge is 2.43. The molecule has 242 valence electrons. The number of nitrogens with zero attached hydrogens (tertiary/aromatic N) is 2. The molecule has 2 aliphatic heterocycles. The standard InChI is InChI=1S/C37H50N4O3S/c1-27-10-11-29-26-34(45-33(29)24-27)35(42)39-37(17-6-7-18-37)36(43)38-30(25-28-8-4-3-5-9-28)12-19-41-20-13-31(14-21-41)40(2)32-15-22-44-23-16-32/h3-5,8-11,24,26,30-32H,6-7,12-23,25H2,1-2H3,(H,38,43)(H,39,42)/t30-/m0/s1. The molecule has 1 atom stereocenters. The Labute approximate surface area is 272 Å². The number of thiophene rings is 1. The number of hydrogen-bond acceptors (Lipinski definition) is 6. The highest BCUT2D eigenvalue weighted by molar-refractivity contribution is 7.20. The predicted octanol–water partition coefficient (Wildman–Crippen LogP) is 5.95. The summed E-state index contributed by atoms with van der Waals surface area (Å²) in [4.78, 5) is 33.5. The summed E-state index contributed by atoms with van der Waals surface area (Å²) in [6.07, 6.45) is 9.59. The minimum absolute atomic E-state index is 0.00390. The van der Waals surface area contributed by atoms with Crippen LogP contribution in [0.5, 0.6) is 0 Å². The number of carbonyl (C=O) groups excluding carboxylic acids is 2. The lowest BCUT2D eigenvalue weighted by Gasteiger charge is -2.41. The van der Waals surface area contributed by atoms with Gasteiger partial charge >= 0.3 is 0 Å². The van der Waals surface area contributed by atoms with Crippen molar-refractivity contribution in [2.75, 3.05) is 39.9 Å². The second kappa shape index (κ2) is 14.8. The number of likely N-dealkylation sites (tertiary alicyclic amines) is 1. The fourth-order valence-electron chi connectivity index (χ4n) is 7.64. The van der Waals surface area contributed by atoms with Gasteiger partial charge in [-0.15, -0.1) is 11.3 Å². The molecule has 3 heterocycles. The first-order valence-electron chi connectivity index (χ1n) is 17.1. The Morgan fingerprint density at radius 3 is 2.44 bits per heavy atom. The van der Waals surface area contributed by atoms with Crippen molar-refractivity contribution in [3.8, 4) is 0 Å². The van der Waals surface area contributed by atoms with Crippen LogP contribution in [-0.4, -0.2) is 85.2 Å². The molecule has 6 rings (SSSR count). The van der Waals surface area contributed by atoms with E-state index in [-0.39, 0.29) is 17.9 Å². The highest BCUT2D eigenvalue weighted by Crippen LogP contribution is 2.33. The molecule has 2 amide bonds. The van der Waals surface area contributed by atoms with Crippen LogP contribution in [0.1, 0.15) is 78.6 Å². The van der Waals surface area contributed by atoms with Crippen LogP contribution in [0.15, 0.2) is 54.6 Å². The molecule has 2 aromatic carbocycles. The minimum atomic E-state index is -0.856. The Hall–Kier alpha value is -2.78. The number of benzene rings is 2. The van der Waals surface area contributed by atoms with E-state index >= 15 is 0 Å². The van der Waals surface area contributed by atoms with Crippen LogP contribution < -0.4 is 10.6 Å². The van der Waals surface area contributed by atoms with E-state index in [2.05, 4.69) is 76.9 Å². The van der Waals surface area contributed by atoms with Crippen LogP contribution in [0.4, 0.5) is 0 Å². The van der Waals surface area contributed by atoms with Gasteiger partial charge in [0.05, 0.1) is 4.88 Å². The Balaban J connectivity index is 1.09. The van der Waals surface area contributed by atoms with Crippen molar-refractivity contribution in [1.29, 1.82) is 0 Å². The monoisotopic (exact) mass is 630 g/mol. The molecule has 3 aliphatic rings. The number of amides is 2. The highest BCUT2D eigenvalue weighted by atomic mass is 32.1. The normalized spacial score (nSPS) is 20.4. The van der Waals surface area contributed by atoms with Gasteiger partial charge < -0.3 is 25.2 Å². The predicted molar refractivity (Wildman–Crippen MR) is 183 cm³/mol. The Morgan fingerprint density at radius 1 is 1.00 bits per heavy atom. The molecular formula is C37H50N4O3S. The molecule has 0 unspecified atom stereocenters. The van der Waals surface area contributed by atoms with Crippen LogP contribution in [0, 0.1) is 6.92 Å². The van der Waals surface area contributed by atoms with Gasteiger partial charge in [0, 0.05) is 42.6 Å². The fraction of sp³-hybridized carbons (Fsp3) is 0.568. The third-order valence-electron chi connectivity index (χ3n) is 10.5. The molecule has 45 heavy (non-hydrogen) atoms. The van der Waals surface area contributed by atoms with E-state index in [4.69, 9.17) is 4.74 Å². The van der Waals surface area contributed by atoms with E-state index in [0.717, 1.165) is 81.5 Å². The molecule has 0 radical (unpaired) electrons. The Morgan fingerprint density at radius 2 is 1.71 bits per heavy atom. The van der Waals surface area contributed by atoms with Crippen molar-refractivity contribution in [2.45, 2.75) is 94.8 Å². The molecule has 7 nitrogen and oxygen atoms in total. The summed E-state index contributed by atoms with van der Waals surface area (Å²) in [7, 11) is 2.31. The largest absolute Gasteiger partial charge is 0.381 e. The number of carbonyl (C=O) groups is 2. The Bertz CT molecular complexity index is 1420. The quantitative estimate of drug-likeness (QED) is 0.274. The first-order valence-corrected chi connectivity index (χ1v) is 17.9. The average Bonchev–Trinajstić information content (AvgIpc) is 3.72. The third-order valence-corrected chi connectivity index (χ3v) is 11.6. The van der Waals surface area contributed by atoms with Crippen molar-refractivity contribution < 1.29 is 14.3 Å². The van der Waals surface area contributed by atoms with Gasteiger partial charge in [-0.3, -0.25) is 9.59 Å². The number of aryl methyl sites for hydroxylation is 1. The smallest absolute Gasteiger partial charge is 0.262 e. The number of piperidine rings is 1. The zero-order chi connectivity index (χ0) is 31.2. The summed E-state index contributed by atoms with van der Waals surface area (Å²) in [6, 6.07) is 20.0. The summed E-state index contributed by atoms with van der Waals surface area (Å²) >= 11 is 1.50. The van der Waals surface area contributed by atoms with Gasteiger partial charge in [-0.25, -0.2) is 0 Å². The van der Waals surface area contributed by atoms with Crippen molar-refractivity contribution in [3.05, 3.63) is 70.6 Å². The first kappa shape index (κ1) is 32.2. The zero-order valence-corrected chi connectivity index (χ0v) is 27.9. The SMILES string of the molecule is Cc1ccc2cc(C(=O)NC3(C(=O)N[C@@H](CCN4CCC(N(C)C5CCOCC5)CC4)Cc4ccccc4)CCCC3)sc2c1. The van der Waals surface area contributed by atoms with Gasteiger partial charge in [-0.05, 0) is 107 Å².